The number of halogens is 2. The number of urea groups is 1. The van der Waals surface area contributed by atoms with E-state index in [0.717, 1.165) is 11.1 Å². The van der Waals surface area contributed by atoms with E-state index in [1.54, 1.807) is 48.5 Å². The predicted octanol–water partition coefficient (Wildman–Crippen LogP) is 4.11. The minimum atomic E-state index is -0.985. The molecule has 30 heavy (non-hydrogen) atoms. The molecule has 0 unspecified atom stereocenters. The van der Waals surface area contributed by atoms with Crippen LogP contribution in [0.4, 0.5) is 4.79 Å². The molecule has 0 bridgehead atoms. The minimum Gasteiger partial charge on any atom is -0.481 e. The zero-order chi connectivity index (χ0) is 22.1. The van der Waals surface area contributed by atoms with Gasteiger partial charge >= 0.3 is 18.0 Å². The van der Waals surface area contributed by atoms with Gasteiger partial charge in [-0.25, -0.2) is 4.79 Å². The number of benzene rings is 2. The van der Waals surface area contributed by atoms with Crippen LogP contribution in [0.25, 0.3) is 0 Å². The Kier molecular flexibility index (Phi) is 8.95. The number of hydrogen-bond donors (Lipinski definition) is 4. The maximum absolute atomic E-state index is 12.2. The molecular weight excluding hydrogens is 431 g/mol. The average Bonchev–Trinajstić information content (AvgIpc) is 2.69. The van der Waals surface area contributed by atoms with Crippen LogP contribution in [-0.2, 0) is 9.59 Å². The summed E-state index contributed by atoms with van der Waals surface area (Å²) < 4.78 is 0. The van der Waals surface area contributed by atoms with Crippen molar-refractivity contribution < 1.29 is 24.6 Å². The first kappa shape index (κ1) is 23.5. The Morgan fingerprint density at radius 2 is 1.03 bits per heavy atom. The summed E-state index contributed by atoms with van der Waals surface area (Å²) in [5.74, 6) is -2.84. The van der Waals surface area contributed by atoms with E-state index in [0.29, 0.717) is 10.0 Å². The molecule has 0 saturated carbocycles. The molecule has 2 rings (SSSR count). The highest BCUT2D eigenvalue weighted by Gasteiger charge is 2.19. The van der Waals surface area contributed by atoms with Crippen LogP contribution < -0.4 is 10.6 Å². The predicted molar refractivity (Wildman–Crippen MR) is 114 cm³/mol. The first-order valence-corrected chi connectivity index (χ1v) is 9.96. The van der Waals surface area contributed by atoms with Gasteiger partial charge in [-0.05, 0) is 35.4 Å². The lowest BCUT2D eigenvalue weighted by Gasteiger charge is -2.19. The van der Waals surface area contributed by atoms with Crippen LogP contribution in [0.3, 0.4) is 0 Å². The highest BCUT2D eigenvalue weighted by molar-refractivity contribution is 6.30. The van der Waals surface area contributed by atoms with Gasteiger partial charge in [0.25, 0.3) is 0 Å². The molecule has 0 aromatic heterocycles. The number of amides is 2. The quantitative estimate of drug-likeness (QED) is 0.432. The zero-order valence-corrected chi connectivity index (χ0v) is 17.5. The van der Waals surface area contributed by atoms with Gasteiger partial charge in [0, 0.05) is 35.0 Å². The van der Waals surface area contributed by atoms with Gasteiger partial charge in [-0.1, -0.05) is 47.5 Å². The van der Waals surface area contributed by atoms with Crippen LogP contribution in [0, 0.1) is 0 Å². The largest absolute Gasteiger partial charge is 0.481 e. The highest BCUT2D eigenvalue weighted by Crippen LogP contribution is 2.22. The Bertz CT molecular complexity index is 800. The summed E-state index contributed by atoms with van der Waals surface area (Å²) in [5.41, 5.74) is 1.49. The molecule has 0 aliphatic carbocycles. The summed E-state index contributed by atoms with van der Waals surface area (Å²) in [7, 11) is 0. The fourth-order valence-electron chi connectivity index (χ4n) is 3.00. The fraction of sp³-hybridized carbons (Fsp3) is 0.286. The standard InChI is InChI=1S/C21H22Cl2N2O5/c22-17-5-1-13(2-6-17)15(9-19(26)27)11-24-21(30)25-12-16(10-20(28)29)14-3-7-18(23)8-4-14/h1-8,15-16H,9-12H2,(H,26,27)(H,28,29)(H2,24,25,30)/t15-,16-/m0/s1. The van der Waals surface area contributed by atoms with Crippen molar-refractivity contribution in [2.45, 2.75) is 24.7 Å². The summed E-state index contributed by atoms with van der Waals surface area (Å²) in [4.78, 5) is 34.6. The summed E-state index contributed by atoms with van der Waals surface area (Å²) >= 11 is 11.7. The SMILES string of the molecule is O=C(O)C[C@@H](CNC(=O)NC[C@H](CC(=O)O)c1ccc(Cl)cc1)c1ccc(Cl)cc1. The van der Waals surface area contributed by atoms with Crippen molar-refractivity contribution in [2.75, 3.05) is 13.1 Å². The minimum absolute atomic E-state index is 0.101. The van der Waals surface area contributed by atoms with Crippen LogP contribution in [0.1, 0.15) is 35.8 Å². The molecular formula is C21H22Cl2N2O5. The molecule has 2 aromatic rings. The number of carbonyl (C=O) groups excluding carboxylic acids is 1. The molecule has 0 spiro atoms. The number of carboxylic acid groups (broad SMARTS) is 2. The summed E-state index contributed by atoms with van der Waals surface area (Å²) in [6, 6.07) is 13.0. The lowest BCUT2D eigenvalue weighted by atomic mass is 9.95. The fourth-order valence-corrected chi connectivity index (χ4v) is 3.25. The highest BCUT2D eigenvalue weighted by atomic mass is 35.5. The van der Waals surface area contributed by atoms with Crippen molar-refractivity contribution in [3.63, 3.8) is 0 Å². The summed E-state index contributed by atoms with van der Waals surface area (Å²) in [5, 5.41) is 24.7. The van der Waals surface area contributed by atoms with Crippen molar-refractivity contribution >= 4 is 41.2 Å². The number of nitrogens with one attached hydrogen (secondary N) is 2. The number of aliphatic carboxylic acids is 2. The Balaban J connectivity index is 1.95. The molecule has 0 saturated heterocycles. The number of carboxylic acids is 2. The third kappa shape index (κ3) is 7.93. The third-order valence-corrected chi connectivity index (χ3v) is 5.05. The molecule has 2 amide bonds. The number of hydrogen-bond acceptors (Lipinski definition) is 3. The normalized spacial score (nSPS) is 12.6. The molecule has 160 valence electrons. The van der Waals surface area contributed by atoms with Crippen molar-refractivity contribution in [3.8, 4) is 0 Å². The molecule has 9 heteroatoms. The second-order valence-corrected chi connectivity index (χ2v) is 7.66. The molecule has 0 radical (unpaired) electrons. The first-order valence-electron chi connectivity index (χ1n) is 9.20. The van der Waals surface area contributed by atoms with E-state index >= 15 is 0 Å². The zero-order valence-electron chi connectivity index (χ0n) is 16.0. The molecule has 2 atom stereocenters. The van der Waals surface area contributed by atoms with Crippen molar-refractivity contribution in [3.05, 3.63) is 69.7 Å². The van der Waals surface area contributed by atoms with Gasteiger partial charge in [0.2, 0.25) is 0 Å². The van der Waals surface area contributed by atoms with Crippen LogP contribution in [0.2, 0.25) is 10.0 Å². The van der Waals surface area contributed by atoms with Gasteiger partial charge in [0.05, 0.1) is 12.8 Å². The maximum atomic E-state index is 12.2. The van der Waals surface area contributed by atoms with E-state index in [4.69, 9.17) is 33.4 Å². The van der Waals surface area contributed by atoms with E-state index in [1.807, 2.05) is 0 Å². The summed E-state index contributed by atoms with van der Waals surface area (Å²) in [6.07, 6.45) is -0.317. The van der Waals surface area contributed by atoms with Crippen LogP contribution >= 0.6 is 23.2 Å². The van der Waals surface area contributed by atoms with Crippen molar-refractivity contribution in [2.24, 2.45) is 0 Å². The molecule has 4 N–H and O–H groups in total. The topological polar surface area (TPSA) is 116 Å². The molecule has 0 aliphatic heterocycles. The lowest BCUT2D eigenvalue weighted by molar-refractivity contribution is -0.138. The Hall–Kier alpha value is -2.77. The third-order valence-electron chi connectivity index (χ3n) is 4.54. The van der Waals surface area contributed by atoms with E-state index in [-0.39, 0.29) is 25.9 Å². The van der Waals surface area contributed by atoms with Gasteiger partial charge in [-0.2, -0.15) is 0 Å². The molecule has 0 heterocycles. The van der Waals surface area contributed by atoms with Crippen LogP contribution in [-0.4, -0.2) is 41.3 Å². The Morgan fingerprint density at radius 3 is 1.33 bits per heavy atom. The number of carbonyl (C=O) groups is 3. The van der Waals surface area contributed by atoms with Gasteiger partial charge in [0.15, 0.2) is 0 Å². The lowest BCUT2D eigenvalue weighted by Crippen LogP contribution is -2.40. The Labute approximate surface area is 184 Å². The molecule has 0 aliphatic rings. The van der Waals surface area contributed by atoms with Crippen LogP contribution in [0.15, 0.2) is 48.5 Å². The van der Waals surface area contributed by atoms with Gasteiger partial charge in [-0.15, -0.1) is 0 Å². The van der Waals surface area contributed by atoms with Crippen LogP contribution in [0.5, 0.6) is 0 Å². The van der Waals surface area contributed by atoms with Crippen molar-refractivity contribution in [1.29, 1.82) is 0 Å². The van der Waals surface area contributed by atoms with Gasteiger partial charge in [-0.3, -0.25) is 9.59 Å². The van der Waals surface area contributed by atoms with E-state index < -0.39 is 29.8 Å². The molecule has 0 fully saturated rings. The second kappa shape index (κ2) is 11.4. The summed E-state index contributed by atoms with van der Waals surface area (Å²) in [6.45, 7) is 0.203. The van der Waals surface area contributed by atoms with E-state index in [2.05, 4.69) is 10.6 Å². The van der Waals surface area contributed by atoms with E-state index in [1.165, 1.54) is 0 Å². The average molecular weight is 453 g/mol. The number of rotatable bonds is 10. The molecule has 7 nitrogen and oxygen atoms in total. The van der Waals surface area contributed by atoms with Crippen molar-refractivity contribution in [1.82, 2.24) is 10.6 Å². The van der Waals surface area contributed by atoms with Gasteiger partial charge < -0.3 is 20.8 Å². The first-order chi connectivity index (χ1) is 14.2. The monoisotopic (exact) mass is 452 g/mol. The smallest absolute Gasteiger partial charge is 0.314 e. The van der Waals surface area contributed by atoms with Gasteiger partial charge in [0.1, 0.15) is 0 Å². The maximum Gasteiger partial charge on any atom is 0.314 e. The second-order valence-electron chi connectivity index (χ2n) is 6.78. The van der Waals surface area contributed by atoms with E-state index in [9.17, 15) is 14.4 Å². The Morgan fingerprint density at radius 1 is 0.700 bits per heavy atom. The molecule has 2 aromatic carbocycles.